The molecular weight excluding hydrogens is 166 g/mol. The second kappa shape index (κ2) is 3.66. The normalized spacial score (nSPS) is 20.6. The summed E-state index contributed by atoms with van der Waals surface area (Å²) in [6.07, 6.45) is 3.34. The highest BCUT2D eigenvalue weighted by Gasteiger charge is 2.32. The van der Waals surface area contributed by atoms with Gasteiger partial charge in [-0.25, -0.2) is 0 Å². The Labute approximate surface area is 79.6 Å². The average Bonchev–Trinajstić information content (AvgIpc) is 1.78. The van der Waals surface area contributed by atoms with Crippen molar-refractivity contribution < 1.29 is 9.53 Å². The second-order valence-electron chi connectivity index (χ2n) is 4.75. The molecule has 0 aromatic rings. The number of carbonyl (C=O) groups is 1. The van der Waals surface area contributed by atoms with Crippen molar-refractivity contribution >= 4 is 5.97 Å². The number of esters is 1. The van der Waals surface area contributed by atoms with E-state index in [1.807, 2.05) is 20.8 Å². The largest absolute Gasteiger partial charge is 0.459 e. The molecule has 0 amide bonds. The fourth-order valence-electron chi connectivity index (χ4n) is 1.36. The van der Waals surface area contributed by atoms with Gasteiger partial charge in [0.15, 0.2) is 0 Å². The van der Waals surface area contributed by atoms with Crippen molar-refractivity contribution in [3.8, 4) is 0 Å². The Morgan fingerprint density at radius 2 is 2.00 bits per heavy atom. The molecule has 0 unspecified atom stereocenters. The number of carbonyl (C=O) groups excluding carboxylic acids is 1. The summed E-state index contributed by atoms with van der Waals surface area (Å²) in [7, 11) is 0. The van der Waals surface area contributed by atoms with Crippen LogP contribution in [-0.2, 0) is 9.53 Å². The third-order valence-corrected chi connectivity index (χ3v) is 2.34. The highest BCUT2D eigenvalue weighted by molar-refractivity contribution is 5.76. The highest BCUT2D eigenvalue weighted by atomic mass is 16.6. The van der Waals surface area contributed by atoms with E-state index >= 15 is 0 Å². The Kier molecular flexibility index (Phi) is 2.96. The van der Waals surface area contributed by atoms with Crippen LogP contribution in [0.3, 0.4) is 0 Å². The van der Waals surface area contributed by atoms with Crippen molar-refractivity contribution in [3.05, 3.63) is 0 Å². The van der Waals surface area contributed by atoms with Gasteiger partial charge in [-0.3, -0.25) is 4.79 Å². The molecule has 0 saturated heterocycles. The summed E-state index contributed by atoms with van der Waals surface area (Å²) in [4.78, 5) is 11.4. The molecule has 1 fully saturated rings. The molecule has 3 heteroatoms. The first kappa shape index (κ1) is 10.5. The van der Waals surface area contributed by atoms with E-state index in [0.717, 1.165) is 12.8 Å². The topological polar surface area (TPSA) is 52.3 Å². The Hall–Kier alpha value is -0.570. The van der Waals surface area contributed by atoms with Crippen LogP contribution >= 0.6 is 0 Å². The zero-order valence-electron chi connectivity index (χ0n) is 8.67. The Bertz CT molecular complexity index is 192. The number of hydrogen-bond donors (Lipinski definition) is 1. The third-order valence-electron chi connectivity index (χ3n) is 2.34. The lowest BCUT2D eigenvalue weighted by atomic mass is 9.80. The maximum absolute atomic E-state index is 11.4. The average molecular weight is 185 g/mol. The molecule has 0 radical (unpaired) electrons. The number of ether oxygens (including phenoxy) is 1. The summed E-state index contributed by atoms with van der Waals surface area (Å²) >= 11 is 0. The second-order valence-corrected chi connectivity index (χ2v) is 4.75. The monoisotopic (exact) mass is 185 g/mol. The number of rotatable bonds is 2. The molecule has 0 heterocycles. The minimum absolute atomic E-state index is 0.253. The van der Waals surface area contributed by atoms with Gasteiger partial charge in [0, 0.05) is 0 Å². The minimum Gasteiger partial charge on any atom is -0.459 e. The van der Waals surface area contributed by atoms with Gasteiger partial charge in [-0.1, -0.05) is 6.42 Å². The molecule has 13 heavy (non-hydrogen) atoms. The van der Waals surface area contributed by atoms with E-state index in [0.29, 0.717) is 5.92 Å². The molecule has 0 aliphatic heterocycles. The molecule has 1 aliphatic carbocycles. The van der Waals surface area contributed by atoms with Gasteiger partial charge < -0.3 is 10.5 Å². The summed E-state index contributed by atoms with van der Waals surface area (Å²) in [6.45, 7) is 5.58. The van der Waals surface area contributed by atoms with E-state index in [-0.39, 0.29) is 5.97 Å². The van der Waals surface area contributed by atoms with Gasteiger partial charge in [0.2, 0.25) is 0 Å². The SMILES string of the molecule is CC(C)(C)OC(=O)[C@@H](N)C1CCC1. The van der Waals surface area contributed by atoms with E-state index in [9.17, 15) is 4.79 Å². The van der Waals surface area contributed by atoms with Crippen molar-refractivity contribution in [1.29, 1.82) is 0 Å². The van der Waals surface area contributed by atoms with Crippen LogP contribution in [0.4, 0.5) is 0 Å². The van der Waals surface area contributed by atoms with Crippen molar-refractivity contribution in [2.75, 3.05) is 0 Å². The van der Waals surface area contributed by atoms with Crippen molar-refractivity contribution in [1.82, 2.24) is 0 Å². The van der Waals surface area contributed by atoms with E-state index in [4.69, 9.17) is 10.5 Å². The van der Waals surface area contributed by atoms with Gasteiger partial charge >= 0.3 is 5.97 Å². The van der Waals surface area contributed by atoms with Crippen molar-refractivity contribution in [3.63, 3.8) is 0 Å². The maximum atomic E-state index is 11.4. The molecule has 3 nitrogen and oxygen atoms in total. The van der Waals surface area contributed by atoms with Crippen molar-refractivity contribution in [2.24, 2.45) is 11.7 Å². The Morgan fingerprint density at radius 3 is 2.31 bits per heavy atom. The van der Waals surface area contributed by atoms with Gasteiger partial charge in [-0.05, 0) is 39.5 Å². The Balaban J connectivity index is 2.38. The first-order valence-corrected chi connectivity index (χ1v) is 4.88. The van der Waals surface area contributed by atoms with Crippen LogP contribution < -0.4 is 5.73 Å². The first-order valence-electron chi connectivity index (χ1n) is 4.88. The summed E-state index contributed by atoms with van der Waals surface area (Å²) in [5.41, 5.74) is 5.34. The van der Waals surface area contributed by atoms with Crippen LogP contribution in [0.1, 0.15) is 40.0 Å². The van der Waals surface area contributed by atoms with E-state index < -0.39 is 11.6 Å². The molecule has 0 aromatic heterocycles. The number of nitrogens with two attached hydrogens (primary N) is 1. The molecule has 1 rings (SSSR count). The lowest BCUT2D eigenvalue weighted by Gasteiger charge is -2.31. The van der Waals surface area contributed by atoms with Crippen LogP contribution in [0.2, 0.25) is 0 Å². The van der Waals surface area contributed by atoms with Gasteiger partial charge in [-0.2, -0.15) is 0 Å². The zero-order valence-corrected chi connectivity index (χ0v) is 8.67. The minimum atomic E-state index is -0.418. The molecule has 0 spiro atoms. The first-order chi connectivity index (χ1) is 5.90. The summed E-state index contributed by atoms with van der Waals surface area (Å²) < 4.78 is 5.19. The standard InChI is InChI=1S/C10H19NO2/c1-10(2,3)13-9(12)8(11)7-5-4-6-7/h7-8H,4-6,11H2,1-3H3/t8-/m0/s1. The molecule has 0 aromatic carbocycles. The predicted molar refractivity (Wildman–Crippen MR) is 51.2 cm³/mol. The fourth-order valence-corrected chi connectivity index (χ4v) is 1.36. The predicted octanol–water partition coefficient (Wildman–Crippen LogP) is 1.46. The van der Waals surface area contributed by atoms with Crippen LogP contribution in [0.5, 0.6) is 0 Å². The molecule has 76 valence electrons. The van der Waals surface area contributed by atoms with E-state index in [1.54, 1.807) is 0 Å². The Morgan fingerprint density at radius 1 is 1.46 bits per heavy atom. The highest BCUT2D eigenvalue weighted by Crippen LogP contribution is 2.29. The number of hydrogen-bond acceptors (Lipinski definition) is 3. The van der Waals surface area contributed by atoms with Crippen LogP contribution in [0, 0.1) is 5.92 Å². The maximum Gasteiger partial charge on any atom is 0.323 e. The van der Waals surface area contributed by atoms with Gasteiger partial charge in [0.25, 0.3) is 0 Å². The molecule has 0 bridgehead atoms. The van der Waals surface area contributed by atoms with Crippen LogP contribution in [-0.4, -0.2) is 17.6 Å². The summed E-state index contributed by atoms with van der Waals surface area (Å²) in [5, 5.41) is 0. The van der Waals surface area contributed by atoms with Gasteiger partial charge in [-0.15, -0.1) is 0 Å². The summed E-state index contributed by atoms with van der Waals surface area (Å²) in [6, 6.07) is -0.409. The quantitative estimate of drug-likeness (QED) is 0.662. The van der Waals surface area contributed by atoms with Crippen LogP contribution in [0.25, 0.3) is 0 Å². The van der Waals surface area contributed by atoms with Crippen LogP contribution in [0.15, 0.2) is 0 Å². The lowest BCUT2D eigenvalue weighted by molar-refractivity contribution is -0.158. The molecule has 1 atom stereocenters. The molecule has 2 N–H and O–H groups in total. The van der Waals surface area contributed by atoms with E-state index in [2.05, 4.69) is 0 Å². The lowest BCUT2D eigenvalue weighted by Crippen LogP contribution is -2.44. The fraction of sp³-hybridized carbons (Fsp3) is 0.900. The van der Waals surface area contributed by atoms with Gasteiger partial charge in [0.1, 0.15) is 11.6 Å². The molecular formula is C10H19NO2. The molecule has 1 aliphatic rings. The van der Waals surface area contributed by atoms with Crippen molar-refractivity contribution in [2.45, 2.75) is 51.7 Å². The third kappa shape index (κ3) is 2.99. The molecule has 1 saturated carbocycles. The van der Waals surface area contributed by atoms with E-state index in [1.165, 1.54) is 6.42 Å². The zero-order chi connectivity index (χ0) is 10.1. The summed E-state index contributed by atoms with van der Waals surface area (Å²) in [5.74, 6) is 0.104. The smallest absolute Gasteiger partial charge is 0.323 e. The van der Waals surface area contributed by atoms with Gasteiger partial charge in [0.05, 0.1) is 0 Å².